The summed E-state index contributed by atoms with van der Waals surface area (Å²) < 4.78 is 0. The van der Waals surface area contributed by atoms with Gasteiger partial charge in [-0.1, -0.05) is 43.7 Å². The molecule has 1 aliphatic heterocycles. The Morgan fingerprint density at radius 3 is 2.46 bits per heavy atom. The summed E-state index contributed by atoms with van der Waals surface area (Å²) in [7, 11) is 11.8. The zero-order chi connectivity index (χ0) is 20.5. The monoisotopic (exact) mass is 470 g/mol. The van der Waals surface area contributed by atoms with Gasteiger partial charge in [-0.25, -0.2) is 0 Å². The van der Waals surface area contributed by atoms with Crippen molar-refractivity contribution in [2.75, 3.05) is 66.0 Å². The van der Waals surface area contributed by atoms with Crippen LogP contribution in [0.15, 0.2) is 30.3 Å². The van der Waals surface area contributed by atoms with Gasteiger partial charge in [0.05, 0.1) is 0 Å². The Kier molecular flexibility index (Phi) is 16.8. The van der Waals surface area contributed by atoms with Crippen LogP contribution in [0.3, 0.4) is 0 Å². The average molecular weight is 471 g/mol. The van der Waals surface area contributed by atoms with Crippen molar-refractivity contribution in [2.45, 2.75) is 32.7 Å². The van der Waals surface area contributed by atoms with Gasteiger partial charge in [0.15, 0.2) is 0 Å². The van der Waals surface area contributed by atoms with E-state index in [1.807, 2.05) is 0 Å². The maximum absolute atomic E-state index is 4.80. The van der Waals surface area contributed by atoms with E-state index in [1.165, 1.54) is 44.5 Å². The van der Waals surface area contributed by atoms with Crippen molar-refractivity contribution in [3.8, 4) is 0 Å². The molecule has 1 fully saturated rings. The van der Waals surface area contributed by atoms with E-state index >= 15 is 0 Å². The molecule has 0 atom stereocenters. The number of benzene rings is 1. The molecule has 0 amide bonds. The van der Waals surface area contributed by atoms with Crippen molar-refractivity contribution < 1.29 is 13.1 Å². The molecule has 4 nitrogen and oxygen atoms in total. The number of unbranched alkanes of at least 4 members (excludes halogenated alkanes) is 1. The van der Waals surface area contributed by atoms with E-state index in [0.717, 1.165) is 45.8 Å². The number of rotatable bonds is 8. The molecular weight excluding hydrogens is 434 g/mol. The van der Waals surface area contributed by atoms with Crippen LogP contribution in [-0.2, 0) is 19.7 Å². The van der Waals surface area contributed by atoms with Crippen molar-refractivity contribution in [3.05, 3.63) is 41.2 Å². The van der Waals surface area contributed by atoms with Gasteiger partial charge in [-0.15, -0.1) is 13.1 Å². The van der Waals surface area contributed by atoms with Crippen LogP contribution >= 0.6 is 20.2 Å². The second-order valence-electron chi connectivity index (χ2n) is 7.34. The zero-order valence-corrected chi connectivity index (χ0v) is 20.2. The van der Waals surface area contributed by atoms with E-state index < -0.39 is 0 Å². The number of halogens is 2. The van der Waals surface area contributed by atoms with E-state index in [1.54, 1.807) is 0 Å². The van der Waals surface area contributed by atoms with Crippen molar-refractivity contribution in [3.63, 3.8) is 0 Å². The first-order valence-corrected chi connectivity index (χ1v) is 13.6. The summed E-state index contributed by atoms with van der Waals surface area (Å²) in [5, 5.41) is 4.68. The van der Waals surface area contributed by atoms with Gasteiger partial charge in [-0.3, -0.25) is 4.90 Å². The fourth-order valence-corrected chi connectivity index (χ4v) is 3.35. The number of likely N-dealkylation sites (N-methyl/N-ethyl adjacent to an activating group) is 1. The van der Waals surface area contributed by atoms with Gasteiger partial charge in [0.1, 0.15) is 0 Å². The molecule has 0 aliphatic carbocycles. The molecule has 163 valence electrons. The summed E-state index contributed by atoms with van der Waals surface area (Å²) in [6, 6.07) is 10.9. The van der Waals surface area contributed by atoms with Gasteiger partial charge < -0.3 is 15.1 Å². The minimum absolute atomic E-state index is 0.00694. The summed E-state index contributed by atoms with van der Waals surface area (Å²) in [6.45, 7) is 13.5. The Morgan fingerprint density at radius 1 is 1.04 bits per heavy atom. The molecule has 7 heteroatoms. The van der Waals surface area contributed by atoms with Gasteiger partial charge in [0, 0.05) is 19.6 Å². The van der Waals surface area contributed by atoms with Gasteiger partial charge in [-0.2, -0.15) is 0 Å². The van der Waals surface area contributed by atoms with Crippen LogP contribution in [0.4, 0.5) is 0 Å². The van der Waals surface area contributed by atoms with Crippen molar-refractivity contribution >= 4 is 20.2 Å². The van der Waals surface area contributed by atoms with Crippen molar-refractivity contribution in [1.29, 1.82) is 0 Å². The molecule has 1 aromatic rings. The summed E-state index contributed by atoms with van der Waals surface area (Å²) in [5.41, 5.74) is 1.43. The second-order valence-corrected chi connectivity index (χ2v) is 9.29. The standard InChI is InChI=1S/C21H37N4.2ClH.Mn/c1-3-4-14-25(20-21-9-6-5-7-10-21)19-18-24-15-8-13-23(2)16-11-22-12-17-24;;;/h5-7,9-10H,3-4,8,11-20H2,1-2H3;2*1H;/q-1;;;+2/p-2. The van der Waals surface area contributed by atoms with Crippen LogP contribution in [0.2, 0.25) is 0 Å². The first kappa shape index (κ1) is 26.2. The summed E-state index contributed by atoms with van der Waals surface area (Å²) in [6.07, 6.45) is 3.82. The van der Waals surface area contributed by atoms with Crippen LogP contribution in [0.1, 0.15) is 31.7 Å². The molecule has 0 bridgehead atoms. The van der Waals surface area contributed by atoms with E-state index in [9.17, 15) is 0 Å². The quantitative estimate of drug-likeness (QED) is 0.515. The Bertz CT molecular complexity index is 467. The van der Waals surface area contributed by atoms with Crippen molar-refractivity contribution in [2.24, 2.45) is 0 Å². The Labute approximate surface area is 187 Å². The van der Waals surface area contributed by atoms with Crippen LogP contribution < -0.4 is 0 Å². The predicted molar refractivity (Wildman–Crippen MR) is 120 cm³/mol. The van der Waals surface area contributed by atoms with E-state index in [4.69, 9.17) is 20.2 Å². The number of hydrogen-bond donors (Lipinski definition) is 0. The fraction of sp³-hybridized carbons (Fsp3) is 0.714. The zero-order valence-electron chi connectivity index (χ0n) is 17.5. The molecule has 1 saturated heterocycles. The van der Waals surface area contributed by atoms with E-state index in [2.05, 4.69) is 64.3 Å². The van der Waals surface area contributed by atoms with Gasteiger partial charge in [-0.05, 0) is 58.2 Å². The molecule has 0 aromatic heterocycles. The third-order valence-electron chi connectivity index (χ3n) is 5.04. The SMILES string of the molecule is CCCCN(CCN1CCCN(C)CC[N-]CC1)Cc1ccccc1.[Cl][Mn][Cl]. The molecule has 28 heavy (non-hydrogen) atoms. The molecule has 1 aliphatic rings. The first-order chi connectivity index (χ1) is 13.7. The molecule has 2 rings (SSSR count). The number of hydrogen-bond acceptors (Lipinski definition) is 3. The van der Waals surface area contributed by atoms with Gasteiger partial charge in [0.25, 0.3) is 0 Å². The topological polar surface area (TPSA) is 23.8 Å². The Balaban J connectivity index is 0.00000122. The third-order valence-corrected chi connectivity index (χ3v) is 5.04. The molecule has 0 unspecified atom stereocenters. The van der Waals surface area contributed by atoms with Crippen LogP contribution in [-0.4, -0.2) is 80.7 Å². The van der Waals surface area contributed by atoms with E-state index in [0.29, 0.717) is 0 Å². The van der Waals surface area contributed by atoms with Crippen LogP contribution in [0, 0.1) is 0 Å². The molecule has 1 aromatic carbocycles. The summed E-state index contributed by atoms with van der Waals surface area (Å²) >= 11 is 0.00694. The van der Waals surface area contributed by atoms with Crippen LogP contribution in [0.5, 0.6) is 0 Å². The minimum atomic E-state index is 0.00694. The predicted octanol–water partition coefficient (Wildman–Crippen LogP) is 4.68. The average Bonchev–Trinajstić information content (AvgIpc) is 2.70. The molecule has 0 saturated carbocycles. The second kappa shape index (κ2) is 18.0. The fourth-order valence-electron chi connectivity index (χ4n) is 3.35. The number of nitrogens with zero attached hydrogens (tertiary/aromatic N) is 4. The first-order valence-electron chi connectivity index (χ1n) is 10.4. The molecule has 0 spiro atoms. The molecule has 0 N–H and O–H groups in total. The molecule has 1 heterocycles. The van der Waals surface area contributed by atoms with Gasteiger partial charge in [0.2, 0.25) is 0 Å². The maximum atomic E-state index is 4.80. The van der Waals surface area contributed by atoms with Crippen molar-refractivity contribution in [1.82, 2.24) is 14.7 Å². The molecule has 0 radical (unpaired) electrons. The van der Waals surface area contributed by atoms with E-state index in [-0.39, 0.29) is 13.1 Å². The molecular formula is C21H37Cl2MnN4-. The Hall–Kier alpha value is 0.159. The third kappa shape index (κ3) is 13.4. The normalized spacial score (nSPS) is 17.2. The summed E-state index contributed by atoms with van der Waals surface area (Å²) in [5.74, 6) is 0. The van der Waals surface area contributed by atoms with Gasteiger partial charge >= 0.3 is 33.3 Å². The summed E-state index contributed by atoms with van der Waals surface area (Å²) in [4.78, 5) is 7.66. The van der Waals surface area contributed by atoms with Crippen LogP contribution in [0.25, 0.3) is 5.32 Å². The Morgan fingerprint density at radius 2 is 1.75 bits per heavy atom.